The predicted molar refractivity (Wildman–Crippen MR) is 86.1 cm³/mol. The first-order valence-electron chi connectivity index (χ1n) is 7.62. The summed E-state index contributed by atoms with van der Waals surface area (Å²) in [5.74, 6) is 1.35. The number of aromatic nitrogens is 3. The van der Waals surface area contributed by atoms with Gasteiger partial charge in [-0.15, -0.1) is 11.3 Å². The van der Waals surface area contributed by atoms with Crippen LogP contribution in [0.25, 0.3) is 0 Å². The van der Waals surface area contributed by atoms with Crippen molar-refractivity contribution in [1.82, 2.24) is 24.9 Å². The number of carbonyl (C=O) groups is 1. The van der Waals surface area contributed by atoms with Crippen LogP contribution in [0.5, 0.6) is 0 Å². The fourth-order valence-corrected chi connectivity index (χ4v) is 3.05. The molecule has 8 nitrogen and oxygen atoms in total. The van der Waals surface area contributed by atoms with Gasteiger partial charge in [0.05, 0.1) is 6.54 Å². The average molecular weight is 336 g/mol. The molecule has 1 fully saturated rings. The normalized spacial score (nSPS) is 16.6. The van der Waals surface area contributed by atoms with Crippen LogP contribution in [0.15, 0.2) is 16.1 Å². The summed E-state index contributed by atoms with van der Waals surface area (Å²) in [7, 11) is 0. The zero-order valence-electron chi connectivity index (χ0n) is 13.1. The van der Waals surface area contributed by atoms with Gasteiger partial charge in [0, 0.05) is 57.6 Å². The van der Waals surface area contributed by atoms with Crippen molar-refractivity contribution in [3.8, 4) is 0 Å². The maximum Gasteiger partial charge on any atom is 0.227 e. The fourth-order valence-electron chi connectivity index (χ4n) is 2.50. The maximum atomic E-state index is 11.9. The number of anilines is 1. The highest BCUT2D eigenvalue weighted by atomic mass is 32.1. The monoisotopic (exact) mass is 336 g/mol. The van der Waals surface area contributed by atoms with Crippen LogP contribution >= 0.6 is 11.3 Å². The van der Waals surface area contributed by atoms with Gasteiger partial charge in [-0.05, 0) is 0 Å². The van der Waals surface area contributed by atoms with E-state index in [1.54, 1.807) is 13.1 Å². The molecule has 0 saturated carbocycles. The van der Waals surface area contributed by atoms with Gasteiger partial charge in [-0.25, -0.2) is 4.98 Å². The maximum absolute atomic E-state index is 11.9. The number of rotatable bonds is 6. The van der Waals surface area contributed by atoms with E-state index in [9.17, 15) is 4.79 Å². The van der Waals surface area contributed by atoms with Crippen molar-refractivity contribution in [3.05, 3.63) is 23.3 Å². The molecule has 0 atom stereocenters. The lowest BCUT2D eigenvalue weighted by Gasteiger charge is -2.33. The van der Waals surface area contributed by atoms with E-state index >= 15 is 0 Å². The molecule has 1 aliphatic heterocycles. The van der Waals surface area contributed by atoms with Gasteiger partial charge in [0.1, 0.15) is 0 Å². The molecule has 0 spiro atoms. The molecule has 3 rings (SSSR count). The number of thiazole rings is 1. The SMILES string of the molecule is Cc1nc(CN2CCN(CCC(=O)Nc3nccs3)CC2)no1. The third kappa shape index (κ3) is 4.81. The molecule has 0 radical (unpaired) electrons. The van der Waals surface area contributed by atoms with Crippen molar-refractivity contribution in [2.45, 2.75) is 19.9 Å². The summed E-state index contributed by atoms with van der Waals surface area (Å²) >= 11 is 1.43. The average Bonchev–Trinajstić information content (AvgIpc) is 3.18. The van der Waals surface area contributed by atoms with Gasteiger partial charge in [0.15, 0.2) is 11.0 Å². The molecule has 1 amide bonds. The Morgan fingerprint density at radius 3 is 2.78 bits per heavy atom. The first kappa shape index (κ1) is 16.0. The second-order valence-corrected chi connectivity index (χ2v) is 6.38. The number of hydrogen-bond donors (Lipinski definition) is 1. The van der Waals surface area contributed by atoms with Gasteiger partial charge in [-0.3, -0.25) is 9.69 Å². The number of hydrogen-bond acceptors (Lipinski definition) is 8. The number of aryl methyl sites for hydroxylation is 1. The first-order chi connectivity index (χ1) is 11.2. The quantitative estimate of drug-likeness (QED) is 0.841. The summed E-state index contributed by atoms with van der Waals surface area (Å²) in [6, 6.07) is 0. The van der Waals surface area contributed by atoms with Crippen molar-refractivity contribution < 1.29 is 9.32 Å². The molecular formula is C14H20N6O2S. The third-order valence-corrected chi connectivity index (χ3v) is 4.42. The second-order valence-electron chi connectivity index (χ2n) is 5.48. The van der Waals surface area contributed by atoms with Crippen LogP contribution in [-0.2, 0) is 11.3 Å². The molecule has 0 aliphatic carbocycles. The summed E-state index contributed by atoms with van der Waals surface area (Å²) in [5.41, 5.74) is 0. The summed E-state index contributed by atoms with van der Waals surface area (Å²) < 4.78 is 4.99. The number of nitrogens with zero attached hydrogens (tertiary/aromatic N) is 5. The Kier molecular flexibility index (Phi) is 5.31. The van der Waals surface area contributed by atoms with E-state index in [1.807, 2.05) is 5.38 Å². The van der Waals surface area contributed by atoms with Crippen LogP contribution in [0.3, 0.4) is 0 Å². The molecule has 2 aromatic heterocycles. The number of carbonyl (C=O) groups excluding carboxylic acids is 1. The van der Waals surface area contributed by atoms with Crippen molar-refractivity contribution in [3.63, 3.8) is 0 Å². The van der Waals surface area contributed by atoms with Gasteiger partial charge >= 0.3 is 0 Å². The number of amides is 1. The Bertz CT molecular complexity index is 621. The molecular weight excluding hydrogens is 316 g/mol. The molecule has 23 heavy (non-hydrogen) atoms. The van der Waals surface area contributed by atoms with Crippen molar-refractivity contribution in [2.24, 2.45) is 0 Å². The summed E-state index contributed by atoms with van der Waals surface area (Å²) in [5, 5.41) is 9.24. The third-order valence-electron chi connectivity index (χ3n) is 3.73. The number of nitrogens with one attached hydrogen (secondary N) is 1. The van der Waals surface area contributed by atoms with Crippen molar-refractivity contribution in [2.75, 3.05) is 38.0 Å². The van der Waals surface area contributed by atoms with E-state index in [2.05, 4.69) is 30.2 Å². The van der Waals surface area contributed by atoms with E-state index in [0.29, 0.717) is 17.4 Å². The van der Waals surface area contributed by atoms with Crippen LogP contribution in [0.4, 0.5) is 5.13 Å². The molecule has 124 valence electrons. The van der Waals surface area contributed by atoms with Crippen LogP contribution in [-0.4, -0.2) is 63.6 Å². The fraction of sp³-hybridized carbons (Fsp3) is 0.571. The predicted octanol–water partition coefficient (Wildman–Crippen LogP) is 0.981. The minimum Gasteiger partial charge on any atom is -0.340 e. The van der Waals surface area contributed by atoms with E-state index in [-0.39, 0.29) is 5.91 Å². The molecule has 1 aliphatic rings. The summed E-state index contributed by atoms with van der Waals surface area (Å²) in [4.78, 5) is 24.7. The highest BCUT2D eigenvalue weighted by Crippen LogP contribution is 2.11. The van der Waals surface area contributed by atoms with E-state index in [1.165, 1.54) is 11.3 Å². The van der Waals surface area contributed by atoms with Gasteiger partial charge in [-0.2, -0.15) is 4.98 Å². The zero-order valence-corrected chi connectivity index (χ0v) is 13.9. The standard InChI is InChI=1S/C14H20N6O2S/c1-11-16-12(18-22-11)10-20-7-5-19(6-8-20)4-2-13(21)17-14-15-3-9-23-14/h3,9H,2,4-8,10H2,1H3,(H,15,17,21). The topological polar surface area (TPSA) is 87.4 Å². The molecule has 0 aromatic carbocycles. The van der Waals surface area contributed by atoms with Gasteiger partial charge < -0.3 is 14.7 Å². The Morgan fingerprint density at radius 2 is 2.13 bits per heavy atom. The van der Waals surface area contributed by atoms with E-state index < -0.39 is 0 Å². The molecule has 3 heterocycles. The zero-order chi connectivity index (χ0) is 16.1. The lowest BCUT2D eigenvalue weighted by molar-refractivity contribution is -0.116. The van der Waals surface area contributed by atoms with Crippen LogP contribution in [0.1, 0.15) is 18.1 Å². The Hall–Kier alpha value is -1.84. The van der Waals surface area contributed by atoms with Gasteiger partial charge in [0.25, 0.3) is 0 Å². The van der Waals surface area contributed by atoms with E-state index in [4.69, 9.17) is 4.52 Å². The highest BCUT2D eigenvalue weighted by Gasteiger charge is 2.19. The molecule has 0 bridgehead atoms. The minimum absolute atomic E-state index is 0.0182. The first-order valence-corrected chi connectivity index (χ1v) is 8.50. The van der Waals surface area contributed by atoms with Crippen molar-refractivity contribution in [1.29, 1.82) is 0 Å². The van der Waals surface area contributed by atoms with Crippen molar-refractivity contribution >= 4 is 22.4 Å². The molecule has 9 heteroatoms. The molecule has 2 aromatic rings. The molecule has 0 unspecified atom stereocenters. The molecule has 1 N–H and O–H groups in total. The highest BCUT2D eigenvalue weighted by molar-refractivity contribution is 7.13. The lowest BCUT2D eigenvalue weighted by atomic mass is 10.3. The van der Waals surface area contributed by atoms with E-state index in [0.717, 1.165) is 45.1 Å². The van der Waals surface area contributed by atoms with Crippen LogP contribution in [0.2, 0.25) is 0 Å². The van der Waals surface area contributed by atoms with Gasteiger partial charge in [-0.1, -0.05) is 5.16 Å². The Labute approximate surface area is 138 Å². The Balaban J connectivity index is 1.35. The largest absolute Gasteiger partial charge is 0.340 e. The molecule has 1 saturated heterocycles. The summed E-state index contributed by atoms with van der Waals surface area (Å²) in [6.45, 7) is 7.07. The minimum atomic E-state index is 0.0182. The van der Waals surface area contributed by atoms with Gasteiger partial charge in [0.2, 0.25) is 11.8 Å². The summed E-state index contributed by atoms with van der Waals surface area (Å²) in [6.07, 6.45) is 2.17. The van der Waals surface area contributed by atoms with Crippen LogP contribution < -0.4 is 5.32 Å². The van der Waals surface area contributed by atoms with Crippen LogP contribution in [0, 0.1) is 6.92 Å². The lowest BCUT2D eigenvalue weighted by Crippen LogP contribution is -2.46. The smallest absolute Gasteiger partial charge is 0.227 e. The Morgan fingerprint density at radius 1 is 1.35 bits per heavy atom. The number of piperazine rings is 1. The second kappa shape index (κ2) is 7.62.